The van der Waals surface area contributed by atoms with Gasteiger partial charge in [-0.15, -0.1) is 0 Å². The molecule has 0 aliphatic heterocycles. The van der Waals surface area contributed by atoms with Crippen molar-refractivity contribution in [3.05, 3.63) is 70.6 Å². The van der Waals surface area contributed by atoms with Crippen LogP contribution in [0, 0.1) is 16.5 Å². The highest BCUT2D eigenvalue weighted by atomic mass is 16.6. The van der Waals surface area contributed by atoms with E-state index < -0.39 is 0 Å². The Balaban J connectivity index is 2.27. The Morgan fingerprint density at radius 3 is 2.55 bits per heavy atom. The summed E-state index contributed by atoms with van der Waals surface area (Å²) in [5.74, 6) is 0. The summed E-state index contributed by atoms with van der Waals surface area (Å²) < 4.78 is 0. The Hall–Kier alpha value is -2.62. The van der Waals surface area contributed by atoms with Crippen molar-refractivity contribution in [2.24, 2.45) is 0 Å². The van der Waals surface area contributed by atoms with Crippen molar-refractivity contribution >= 4 is 16.6 Å². The molecule has 2 aromatic carbocycles. The minimum atomic E-state index is -0.367. The van der Waals surface area contributed by atoms with Crippen LogP contribution >= 0.6 is 0 Å². The van der Waals surface area contributed by atoms with Gasteiger partial charge in [0.25, 0.3) is 5.69 Å². The highest BCUT2D eigenvalue weighted by Crippen LogP contribution is 2.33. The number of nitro groups is 1. The van der Waals surface area contributed by atoms with Gasteiger partial charge in [0.2, 0.25) is 0 Å². The van der Waals surface area contributed by atoms with Crippen LogP contribution in [0.1, 0.15) is 12.5 Å². The molecular formula is C16H13N2O2. The summed E-state index contributed by atoms with van der Waals surface area (Å²) in [5.41, 5.74) is 4.07. The van der Waals surface area contributed by atoms with Crippen molar-refractivity contribution in [1.82, 2.24) is 4.98 Å². The third kappa shape index (κ3) is 1.95. The molecule has 3 rings (SSSR count). The van der Waals surface area contributed by atoms with Crippen LogP contribution < -0.4 is 0 Å². The number of hydrogen-bond acceptors (Lipinski definition) is 2. The molecular weight excluding hydrogens is 252 g/mol. The molecule has 1 N–H and O–H groups in total. The number of nitrogens with one attached hydrogen (secondary N) is 1. The van der Waals surface area contributed by atoms with E-state index in [-0.39, 0.29) is 10.6 Å². The van der Waals surface area contributed by atoms with E-state index in [1.165, 1.54) is 6.07 Å². The lowest BCUT2D eigenvalue weighted by atomic mass is 10.0. The van der Waals surface area contributed by atoms with Crippen LogP contribution in [-0.4, -0.2) is 9.91 Å². The summed E-state index contributed by atoms with van der Waals surface area (Å²) in [4.78, 5) is 13.9. The number of aromatic amines is 1. The molecule has 0 bridgehead atoms. The van der Waals surface area contributed by atoms with Crippen LogP contribution in [0.15, 0.2) is 48.5 Å². The number of fused-ring (bicyclic) bond motifs is 1. The maximum absolute atomic E-state index is 10.9. The van der Waals surface area contributed by atoms with Gasteiger partial charge in [0.05, 0.1) is 4.92 Å². The van der Waals surface area contributed by atoms with Gasteiger partial charge in [-0.3, -0.25) is 10.1 Å². The third-order valence-corrected chi connectivity index (χ3v) is 3.38. The Morgan fingerprint density at radius 2 is 1.90 bits per heavy atom. The summed E-state index contributed by atoms with van der Waals surface area (Å²) >= 11 is 0. The fourth-order valence-corrected chi connectivity index (χ4v) is 2.45. The Bertz CT molecular complexity index is 776. The van der Waals surface area contributed by atoms with Gasteiger partial charge in [-0.2, -0.15) is 0 Å². The van der Waals surface area contributed by atoms with Crippen LogP contribution in [0.2, 0.25) is 0 Å². The fraction of sp³-hybridized carbons (Fsp3) is 0.0625. The summed E-state index contributed by atoms with van der Waals surface area (Å²) in [6, 6.07) is 14.9. The maximum atomic E-state index is 10.9. The number of nitro benzene ring substituents is 1. The number of non-ortho nitro benzene ring substituents is 1. The molecule has 0 saturated heterocycles. The van der Waals surface area contributed by atoms with Crippen molar-refractivity contribution in [2.45, 2.75) is 6.92 Å². The van der Waals surface area contributed by atoms with Crippen LogP contribution in [-0.2, 0) is 0 Å². The number of aromatic nitrogens is 1. The lowest BCUT2D eigenvalue weighted by Crippen LogP contribution is -1.87. The SMILES string of the molecule is C[CH]c1c(-c2ccccc2)[nH]c2ccc([N+](=O)[O-])cc12. The Kier molecular flexibility index (Phi) is 2.99. The minimum Gasteiger partial charge on any atom is -0.354 e. The third-order valence-electron chi connectivity index (χ3n) is 3.38. The van der Waals surface area contributed by atoms with E-state index in [4.69, 9.17) is 0 Å². The zero-order chi connectivity index (χ0) is 14.1. The number of rotatable bonds is 3. The van der Waals surface area contributed by atoms with E-state index in [9.17, 15) is 10.1 Å². The molecule has 0 saturated carbocycles. The predicted octanol–water partition coefficient (Wildman–Crippen LogP) is 4.32. The van der Waals surface area contributed by atoms with Gasteiger partial charge in [0.15, 0.2) is 0 Å². The van der Waals surface area contributed by atoms with Gasteiger partial charge in [0, 0.05) is 28.7 Å². The molecule has 1 radical (unpaired) electrons. The number of nitrogens with zero attached hydrogens (tertiary/aromatic N) is 1. The van der Waals surface area contributed by atoms with Crippen LogP contribution in [0.25, 0.3) is 22.2 Å². The second kappa shape index (κ2) is 4.81. The van der Waals surface area contributed by atoms with Crippen molar-refractivity contribution in [2.75, 3.05) is 0 Å². The minimum absolute atomic E-state index is 0.110. The summed E-state index contributed by atoms with van der Waals surface area (Å²) in [7, 11) is 0. The van der Waals surface area contributed by atoms with Gasteiger partial charge < -0.3 is 4.98 Å². The van der Waals surface area contributed by atoms with Crippen molar-refractivity contribution in [3.63, 3.8) is 0 Å². The van der Waals surface area contributed by atoms with E-state index in [2.05, 4.69) is 4.98 Å². The second-order valence-corrected chi connectivity index (χ2v) is 4.56. The molecule has 0 atom stereocenters. The summed E-state index contributed by atoms with van der Waals surface area (Å²) in [6.07, 6.45) is 1.98. The lowest BCUT2D eigenvalue weighted by molar-refractivity contribution is -0.384. The summed E-state index contributed by atoms with van der Waals surface area (Å²) in [6.45, 7) is 1.94. The summed E-state index contributed by atoms with van der Waals surface area (Å²) in [5, 5.41) is 11.8. The normalized spacial score (nSPS) is 10.8. The van der Waals surface area contributed by atoms with Crippen molar-refractivity contribution < 1.29 is 4.92 Å². The van der Waals surface area contributed by atoms with Crippen LogP contribution in [0.5, 0.6) is 0 Å². The molecule has 20 heavy (non-hydrogen) atoms. The standard InChI is InChI=1S/C16H13N2O2/c1-2-13-14-10-12(18(19)20)8-9-15(14)17-16(13)11-6-4-3-5-7-11/h2-10,17H,1H3. The van der Waals surface area contributed by atoms with Crippen LogP contribution in [0.4, 0.5) is 5.69 Å². The van der Waals surface area contributed by atoms with E-state index in [0.717, 1.165) is 27.7 Å². The fourth-order valence-electron chi connectivity index (χ4n) is 2.45. The zero-order valence-corrected chi connectivity index (χ0v) is 11.0. The highest BCUT2D eigenvalue weighted by Gasteiger charge is 2.15. The number of hydrogen-bond donors (Lipinski definition) is 1. The molecule has 1 heterocycles. The van der Waals surface area contributed by atoms with Gasteiger partial charge in [0.1, 0.15) is 0 Å². The van der Waals surface area contributed by atoms with E-state index in [1.54, 1.807) is 12.1 Å². The molecule has 0 aliphatic carbocycles. The quantitative estimate of drug-likeness (QED) is 0.566. The number of benzene rings is 2. The molecule has 4 nitrogen and oxygen atoms in total. The van der Waals surface area contributed by atoms with E-state index in [1.807, 2.05) is 43.7 Å². The highest BCUT2D eigenvalue weighted by molar-refractivity contribution is 5.93. The molecule has 0 fully saturated rings. The molecule has 1 aromatic heterocycles. The van der Waals surface area contributed by atoms with Gasteiger partial charge in [-0.05, 0) is 23.6 Å². The van der Waals surface area contributed by atoms with Crippen molar-refractivity contribution in [3.8, 4) is 11.3 Å². The van der Waals surface area contributed by atoms with Gasteiger partial charge in [-0.1, -0.05) is 37.3 Å². The van der Waals surface area contributed by atoms with Gasteiger partial charge in [-0.25, -0.2) is 0 Å². The average molecular weight is 265 g/mol. The predicted molar refractivity (Wildman–Crippen MR) is 79.5 cm³/mol. The van der Waals surface area contributed by atoms with Crippen LogP contribution in [0.3, 0.4) is 0 Å². The zero-order valence-electron chi connectivity index (χ0n) is 11.0. The Morgan fingerprint density at radius 1 is 1.15 bits per heavy atom. The van der Waals surface area contributed by atoms with E-state index >= 15 is 0 Å². The number of H-pyrrole nitrogens is 1. The first kappa shape index (κ1) is 12.4. The monoisotopic (exact) mass is 265 g/mol. The first-order chi connectivity index (χ1) is 9.70. The largest absolute Gasteiger partial charge is 0.354 e. The lowest BCUT2D eigenvalue weighted by Gasteiger charge is -2.01. The second-order valence-electron chi connectivity index (χ2n) is 4.56. The van der Waals surface area contributed by atoms with Crippen molar-refractivity contribution in [1.29, 1.82) is 0 Å². The molecule has 0 amide bonds. The smallest absolute Gasteiger partial charge is 0.270 e. The first-order valence-electron chi connectivity index (χ1n) is 6.35. The van der Waals surface area contributed by atoms with Gasteiger partial charge >= 0.3 is 0 Å². The molecule has 0 aliphatic rings. The first-order valence-corrected chi connectivity index (χ1v) is 6.35. The Labute approximate surface area is 116 Å². The van der Waals surface area contributed by atoms with E-state index in [0.29, 0.717) is 0 Å². The topological polar surface area (TPSA) is 58.9 Å². The molecule has 3 aromatic rings. The maximum Gasteiger partial charge on any atom is 0.270 e. The molecule has 0 unspecified atom stereocenters. The molecule has 99 valence electrons. The average Bonchev–Trinajstić information content (AvgIpc) is 2.85. The molecule has 0 spiro atoms. The molecule has 4 heteroatoms.